The van der Waals surface area contributed by atoms with E-state index in [1.54, 1.807) is 0 Å². The van der Waals surface area contributed by atoms with Crippen LogP contribution in [0.1, 0.15) is 11.1 Å². The number of nitrogens with two attached hydrogens (primary N) is 1. The summed E-state index contributed by atoms with van der Waals surface area (Å²) in [5, 5.41) is 7.97. The summed E-state index contributed by atoms with van der Waals surface area (Å²) in [5.74, 6) is 0.730. The average Bonchev–Trinajstić information content (AvgIpc) is 2.07. The summed E-state index contributed by atoms with van der Waals surface area (Å²) in [7, 11) is 0. The lowest BCUT2D eigenvalue weighted by molar-refractivity contribution is 1.36. The topological polar surface area (TPSA) is 49.9 Å². The lowest BCUT2D eigenvalue weighted by Gasteiger charge is -2.02. The van der Waals surface area contributed by atoms with Crippen LogP contribution in [0.5, 0.6) is 0 Å². The van der Waals surface area contributed by atoms with E-state index in [2.05, 4.69) is 0 Å². The molecule has 0 saturated carbocycles. The minimum Gasteiger partial charge on any atom is -0.379 e. The number of rotatable bonds is 2. The molecule has 3 N–H and O–H groups in total. The second kappa shape index (κ2) is 4.53. The average molecular weight is 215 g/mol. The maximum atomic E-state index is 7.05. The molecule has 0 radical (unpaired) electrons. The molecule has 1 aromatic carbocycles. The molecule has 70 valence electrons. The summed E-state index contributed by atoms with van der Waals surface area (Å²) in [6.07, 6.45) is 0. The molecule has 0 saturated heterocycles. The minimum absolute atomic E-state index is 0.146. The van der Waals surface area contributed by atoms with E-state index in [1.807, 2.05) is 25.1 Å². The van der Waals surface area contributed by atoms with E-state index in [1.165, 1.54) is 11.8 Å². The van der Waals surface area contributed by atoms with Gasteiger partial charge in [-0.1, -0.05) is 35.5 Å². The zero-order chi connectivity index (χ0) is 9.84. The highest BCUT2D eigenvalue weighted by molar-refractivity contribution is 8.13. The highest BCUT2D eigenvalue weighted by atomic mass is 35.5. The third kappa shape index (κ3) is 3.28. The third-order valence-corrected chi connectivity index (χ3v) is 2.83. The Balaban J connectivity index is 2.68. The smallest absolute Gasteiger partial charge is 0.151 e. The molecular formula is C9H11ClN2S. The maximum Gasteiger partial charge on any atom is 0.151 e. The van der Waals surface area contributed by atoms with Crippen molar-refractivity contribution < 1.29 is 0 Å². The number of benzene rings is 1. The van der Waals surface area contributed by atoms with Crippen LogP contribution in [0.25, 0.3) is 0 Å². The lowest BCUT2D eigenvalue weighted by Crippen LogP contribution is -2.03. The number of aryl methyl sites for hydroxylation is 1. The largest absolute Gasteiger partial charge is 0.379 e. The van der Waals surface area contributed by atoms with E-state index in [0.717, 1.165) is 21.9 Å². The zero-order valence-corrected chi connectivity index (χ0v) is 8.88. The number of hydrogen-bond acceptors (Lipinski definition) is 2. The van der Waals surface area contributed by atoms with Crippen LogP contribution in [0.4, 0.5) is 0 Å². The molecule has 0 heterocycles. The van der Waals surface area contributed by atoms with Gasteiger partial charge in [-0.15, -0.1) is 0 Å². The van der Waals surface area contributed by atoms with E-state index in [-0.39, 0.29) is 5.17 Å². The van der Waals surface area contributed by atoms with Gasteiger partial charge >= 0.3 is 0 Å². The Morgan fingerprint density at radius 1 is 1.62 bits per heavy atom. The van der Waals surface area contributed by atoms with Gasteiger partial charge in [-0.2, -0.15) is 0 Å². The van der Waals surface area contributed by atoms with Crippen molar-refractivity contribution >= 4 is 28.5 Å². The van der Waals surface area contributed by atoms with Gasteiger partial charge in [0.1, 0.15) is 0 Å². The summed E-state index contributed by atoms with van der Waals surface area (Å²) in [6.45, 7) is 1.96. The fraction of sp³-hybridized carbons (Fsp3) is 0.222. The normalized spacial score (nSPS) is 10.0. The highest BCUT2D eigenvalue weighted by Crippen LogP contribution is 2.19. The zero-order valence-electron chi connectivity index (χ0n) is 7.30. The van der Waals surface area contributed by atoms with Gasteiger partial charge in [0.05, 0.1) is 0 Å². The number of nitrogens with one attached hydrogen (secondary N) is 1. The maximum absolute atomic E-state index is 7.05. The molecule has 0 amide bonds. The third-order valence-electron chi connectivity index (χ3n) is 1.62. The van der Waals surface area contributed by atoms with E-state index in [0.29, 0.717) is 0 Å². The van der Waals surface area contributed by atoms with Crippen LogP contribution >= 0.6 is 23.4 Å². The molecule has 0 spiro atoms. The van der Waals surface area contributed by atoms with Gasteiger partial charge in [0, 0.05) is 10.8 Å². The highest BCUT2D eigenvalue weighted by Gasteiger charge is 1.98. The predicted molar refractivity (Wildman–Crippen MR) is 59.4 cm³/mol. The standard InChI is InChI=1S/C9H11ClN2S/c1-6-4-7(2-3-8(6)10)5-13-9(11)12/h2-4H,5H2,1H3,(H3,11,12). The van der Waals surface area contributed by atoms with Crippen LogP contribution in [-0.2, 0) is 5.75 Å². The van der Waals surface area contributed by atoms with E-state index in [4.69, 9.17) is 22.7 Å². The summed E-state index contributed by atoms with van der Waals surface area (Å²) in [4.78, 5) is 0. The van der Waals surface area contributed by atoms with Gasteiger partial charge in [-0.25, -0.2) is 0 Å². The molecule has 2 nitrogen and oxygen atoms in total. The first-order valence-electron chi connectivity index (χ1n) is 3.81. The molecule has 0 atom stereocenters. The van der Waals surface area contributed by atoms with Crippen LogP contribution in [0.2, 0.25) is 5.02 Å². The van der Waals surface area contributed by atoms with Gasteiger partial charge in [0.2, 0.25) is 0 Å². The SMILES string of the molecule is Cc1cc(CSC(=N)N)ccc1Cl. The van der Waals surface area contributed by atoms with Crippen LogP contribution in [0.15, 0.2) is 18.2 Å². The van der Waals surface area contributed by atoms with Crippen molar-refractivity contribution in [1.29, 1.82) is 5.41 Å². The summed E-state index contributed by atoms with van der Waals surface area (Å²) in [6, 6.07) is 5.83. The summed E-state index contributed by atoms with van der Waals surface area (Å²) < 4.78 is 0. The Labute approximate surface area is 87.0 Å². The molecule has 0 aliphatic heterocycles. The molecule has 0 unspecified atom stereocenters. The first-order chi connectivity index (χ1) is 6.09. The number of amidine groups is 1. The Kier molecular flexibility index (Phi) is 3.63. The molecule has 1 aromatic rings. The summed E-state index contributed by atoms with van der Waals surface area (Å²) in [5.41, 5.74) is 7.43. The van der Waals surface area contributed by atoms with Crippen LogP contribution in [0, 0.1) is 12.3 Å². The van der Waals surface area contributed by atoms with E-state index < -0.39 is 0 Å². The molecular weight excluding hydrogens is 204 g/mol. The number of halogens is 1. The van der Waals surface area contributed by atoms with Crippen molar-refractivity contribution in [3.05, 3.63) is 34.3 Å². The van der Waals surface area contributed by atoms with Gasteiger partial charge in [0.15, 0.2) is 5.17 Å². The van der Waals surface area contributed by atoms with Crippen molar-refractivity contribution in [2.45, 2.75) is 12.7 Å². The Hall–Kier alpha value is -0.670. The fourth-order valence-corrected chi connectivity index (χ4v) is 1.58. The lowest BCUT2D eigenvalue weighted by atomic mass is 10.2. The Bertz CT molecular complexity index is 325. The fourth-order valence-electron chi connectivity index (χ4n) is 0.958. The van der Waals surface area contributed by atoms with Gasteiger partial charge in [-0.3, -0.25) is 5.41 Å². The number of hydrogen-bond donors (Lipinski definition) is 2. The molecule has 1 rings (SSSR count). The Morgan fingerprint density at radius 2 is 2.31 bits per heavy atom. The van der Waals surface area contributed by atoms with E-state index >= 15 is 0 Å². The molecule has 13 heavy (non-hydrogen) atoms. The van der Waals surface area contributed by atoms with Crippen molar-refractivity contribution in [3.63, 3.8) is 0 Å². The molecule has 0 fully saturated rings. The first-order valence-corrected chi connectivity index (χ1v) is 5.18. The van der Waals surface area contributed by atoms with Gasteiger partial charge < -0.3 is 5.73 Å². The second-order valence-corrected chi connectivity index (χ2v) is 4.16. The molecule has 0 aromatic heterocycles. The predicted octanol–water partition coefficient (Wildman–Crippen LogP) is 2.78. The van der Waals surface area contributed by atoms with E-state index in [9.17, 15) is 0 Å². The monoisotopic (exact) mass is 214 g/mol. The van der Waals surface area contributed by atoms with Crippen molar-refractivity contribution in [1.82, 2.24) is 0 Å². The van der Waals surface area contributed by atoms with Gasteiger partial charge in [-0.05, 0) is 24.1 Å². The van der Waals surface area contributed by atoms with Crippen LogP contribution in [-0.4, -0.2) is 5.17 Å². The Morgan fingerprint density at radius 3 is 2.85 bits per heavy atom. The van der Waals surface area contributed by atoms with Crippen molar-refractivity contribution in [2.24, 2.45) is 5.73 Å². The van der Waals surface area contributed by atoms with Crippen LogP contribution in [0.3, 0.4) is 0 Å². The molecule has 0 bridgehead atoms. The van der Waals surface area contributed by atoms with Gasteiger partial charge in [0.25, 0.3) is 0 Å². The minimum atomic E-state index is 0.146. The number of thioether (sulfide) groups is 1. The summed E-state index contributed by atoms with van der Waals surface area (Å²) >= 11 is 7.19. The molecule has 0 aliphatic rings. The van der Waals surface area contributed by atoms with Crippen molar-refractivity contribution in [2.75, 3.05) is 0 Å². The first kappa shape index (κ1) is 10.4. The quantitative estimate of drug-likeness (QED) is 0.588. The molecule has 4 heteroatoms. The van der Waals surface area contributed by atoms with Crippen molar-refractivity contribution in [3.8, 4) is 0 Å². The molecule has 0 aliphatic carbocycles. The van der Waals surface area contributed by atoms with Crippen LogP contribution < -0.4 is 5.73 Å². The second-order valence-electron chi connectivity index (χ2n) is 2.74.